The molecule has 1 saturated carbocycles. The van der Waals surface area contributed by atoms with E-state index in [4.69, 9.17) is 4.74 Å². The van der Waals surface area contributed by atoms with Crippen LogP contribution in [0.4, 0.5) is 0 Å². The Hall–Kier alpha value is -1.72. The second-order valence-electron chi connectivity index (χ2n) is 4.91. The SMILES string of the molecule is CCOC(=O)CC(C)=O.O=C1CCCC2COC(=O)C12. The normalized spacial score (nSPS) is 24.1. The van der Waals surface area contributed by atoms with E-state index in [0.717, 1.165) is 12.8 Å². The molecule has 1 heterocycles. The minimum Gasteiger partial charge on any atom is -0.466 e. The quantitative estimate of drug-likeness (QED) is 0.569. The fourth-order valence-corrected chi connectivity index (χ4v) is 2.32. The van der Waals surface area contributed by atoms with Crippen LogP contribution in [0.1, 0.15) is 39.5 Å². The van der Waals surface area contributed by atoms with Crippen molar-refractivity contribution in [2.75, 3.05) is 13.2 Å². The van der Waals surface area contributed by atoms with Crippen molar-refractivity contribution in [3.05, 3.63) is 0 Å². The number of carbonyl (C=O) groups excluding carboxylic acids is 4. The first-order valence-electron chi connectivity index (χ1n) is 6.80. The summed E-state index contributed by atoms with van der Waals surface area (Å²) in [6.07, 6.45) is 2.36. The molecule has 2 fully saturated rings. The molecule has 2 atom stereocenters. The van der Waals surface area contributed by atoms with E-state index < -0.39 is 11.9 Å². The molecule has 6 nitrogen and oxygen atoms in total. The van der Waals surface area contributed by atoms with Crippen LogP contribution in [0.2, 0.25) is 0 Å². The van der Waals surface area contributed by atoms with Gasteiger partial charge in [-0.1, -0.05) is 0 Å². The van der Waals surface area contributed by atoms with Gasteiger partial charge < -0.3 is 9.47 Å². The molecule has 0 radical (unpaired) electrons. The van der Waals surface area contributed by atoms with Crippen molar-refractivity contribution in [3.8, 4) is 0 Å². The van der Waals surface area contributed by atoms with Gasteiger partial charge in [0.1, 0.15) is 23.9 Å². The standard InChI is InChI=1S/C8H10O3.C6H10O3/c9-6-3-1-2-5-4-11-8(10)7(5)6;1-3-9-6(8)4-5(2)7/h5,7H,1-4H2;3-4H2,1-2H3. The Morgan fingerprint density at radius 2 is 2.05 bits per heavy atom. The van der Waals surface area contributed by atoms with E-state index in [9.17, 15) is 19.2 Å². The number of cyclic esters (lactones) is 1. The zero-order valence-electron chi connectivity index (χ0n) is 11.8. The molecule has 112 valence electrons. The van der Waals surface area contributed by atoms with E-state index in [1.54, 1.807) is 6.92 Å². The first-order chi connectivity index (χ1) is 9.45. The third-order valence-electron chi connectivity index (χ3n) is 3.21. The third kappa shape index (κ3) is 4.75. The Bertz CT molecular complexity index is 400. The summed E-state index contributed by atoms with van der Waals surface area (Å²) in [5, 5.41) is 0. The lowest BCUT2D eigenvalue weighted by atomic mass is 9.80. The van der Waals surface area contributed by atoms with Gasteiger partial charge in [-0.15, -0.1) is 0 Å². The molecule has 1 aliphatic heterocycles. The minimum atomic E-state index is -0.440. The number of rotatable bonds is 3. The number of ketones is 2. The summed E-state index contributed by atoms with van der Waals surface area (Å²) in [5.74, 6) is -1.01. The van der Waals surface area contributed by atoms with Gasteiger partial charge in [0.05, 0.1) is 13.2 Å². The van der Waals surface area contributed by atoms with Gasteiger partial charge in [0.2, 0.25) is 0 Å². The van der Waals surface area contributed by atoms with Crippen LogP contribution >= 0.6 is 0 Å². The highest BCUT2D eigenvalue weighted by molar-refractivity contribution is 6.00. The number of carbonyl (C=O) groups is 4. The monoisotopic (exact) mass is 284 g/mol. The first kappa shape index (κ1) is 16.3. The van der Waals surface area contributed by atoms with E-state index in [1.807, 2.05) is 0 Å². The summed E-state index contributed by atoms with van der Waals surface area (Å²) < 4.78 is 9.30. The molecule has 0 spiro atoms. The number of hydrogen-bond donors (Lipinski definition) is 0. The zero-order valence-corrected chi connectivity index (χ0v) is 11.8. The molecule has 0 amide bonds. The lowest BCUT2D eigenvalue weighted by Gasteiger charge is -2.18. The van der Waals surface area contributed by atoms with Gasteiger partial charge in [-0.25, -0.2) is 0 Å². The third-order valence-corrected chi connectivity index (χ3v) is 3.21. The fraction of sp³-hybridized carbons (Fsp3) is 0.714. The summed E-state index contributed by atoms with van der Waals surface area (Å²) in [6.45, 7) is 3.87. The van der Waals surface area contributed by atoms with Crippen LogP contribution in [0, 0.1) is 11.8 Å². The molecule has 2 unspecified atom stereocenters. The van der Waals surface area contributed by atoms with Crippen molar-refractivity contribution < 1.29 is 28.7 Å². The molecule has 1 saturated heterocycles. The smallest absolute Gasteiger partial charge is 0.316 e. The van der Waals surface area contributed by atoms with E-state index in [-0.39, 0.29) is 29.9 Å². The number of Topliss-reactive ketones (excluding diaryl/α,β-unsaturated/α-hetero) is 2. The Kier molecular flexibility index (Phi) is 6.35. The summed E-state index contributed by atoms with van der Waals surface area (Å²) in [7, 11) is 0. The second-order valence-corrected chi connectivity index (χ2v) is 4.91. The van der Waals surface area contributed by atoms with Gasteiger partial charge in [-0.2, -0.15) is 0 Å². The van der Waals surface area contributed by atoms with Gasteiger partial charge >= 0.3 is 11.9 Å². The van der Waals surface area contributed by atoms with E-state index >= 15 is 0 Å². The van der Waals surface area contributed by atoms with Crippen molar-refractivity contribution in [2.24, 2.45) is 11.8 Å². The maximum absolute atomic E-state index is 11.2. The Labute approximate surface area is 117 Å². The maximum atomic E-state index is 11.2. The lowest BCUT2D eigenvalue weighted by molar-refractivity contribution is -0.146. The molecule has 2 rings (SSSR count). The van der Waals surface area contributed by atoms with Gasteiger partial charge in [0, 0.05) is 12.3 Å². The highest BCUT2D eigenvalue weighted by Crippen LogP contribution is 2.32. The summed E-state index contributed by atoms with van der Waals surface area (Å²) in [4.78, 5) is 42.8. The van der Waals surface area contributed by atoms with Crippen LogP contribution in [-0.2, 0) is 28.7 Å². The Balaban J connectivity index is 0.000000206. The molecule has 2 aliphatic rings. The topological polar surface area (TPSA) is 86.7 Å². The van der Waals surface area contributed by atoms with Gasteiger partial charge in [-0.05, 0) is 26.7 Å². The van der Waals surface area contributed by atoms with Crippen LogP contribution in [0.25, 0.3) is 0 Å². The van der Waals surface area contributed by atoms with Crippen molar-refractivity contribution in [1.82, 2.24) is 0 Å². The van der Waals surface area contributed by atoms with Crippen molar-refractivity contribution >= 4 is 23.5 Å². The van der Waals surface area contributed by atoms with Crippen LogP contribution in [-0.4, -0.2) is 36.7 Å². The predicted octanol–water partition coefficient (Wildman–Crippen LogP) is 1.06. The largest absolute Gasteiger partial charge is 0.466 e. The number of hydrogen-bond acceptors (Lipinski definition) is 6. The molecule has 6 heteroatoms. The molecule has 0 aromatic carbocycles. The van der Waals surface area contributed by atoms with Gasteiger partial charge in [0.25, 0.3) is 0 Å². The second kappa shape index (κ2) is 7.77. The number of fused-ring (bicyclic) bond motifs is 1. The van der Waals surface area contributed by atoms with Gasteiger partial charge in [-0.3, -0.25) is 19.2 Å². The van der Waals surface area contributed by atoms with E-state index in [2.05, 4.69) is 4.74 Å². The predicted molar refractivity (Wildman–Crippen MR) is 68.7 cm³/mol. The molecule has 20 heavy (non-hydrogen) atoms. The maximum Gasteiger partial charge on any atom is 0.316 e. The number of ether oxygens (including phenoxy) is 2. The fourth-order valence-electron chi connectivity index (χ4n) is 2.32. The highest BCUT2D eigenvalue weighted by atomic mass is 16.5. The van der Waals surface area contributed by atoms with Gasteiger partial charge in [0.15, 0.2) is 0 Å². The molecule has 1 aliphatic carbocycles. The molecule has 0 aromatic heterocycles. The van der Waals surface area contributed by atoms with Crippen molar-refractivity contribution in [1.29, 1.82) is 0 Å². The molecule has 0 aromatic rings. The van der Waals surface area contributed by atoms with Crippen molar-refractivity contribution in [3.63, 3.8) is 0 Å². The molecular formula is C14H20O6. The van der Waals surface area contributed by atoms with Crippen molar-refractivity contribution in [2.45, 2.75) is 39.5 Å². The van der Waals surface area contributed by atoms with Crippen LogP contribution in [0.15, 0.2) is 0 Å². The molecular weight excluding hydrogens is 264 g/mol. The number of esters is 2. The highest BCUT2D eigenvalue weighted by Gasteiger charge is 2.43. The van der Waals surface area contributed by atoms with Crippen LogP contribution < -0.4 is 0 Å². The van der Waals surface area contributed by atoms with Crippen LogP contribution in [0.3, 0.4) is 0 Å². The Morgan fingerprint density at radius 3 is 2.60 bits per heavy atom. The van der Waals surface area contributed by atoms with E-state index in [1.165, 1.54) is 6.92 Å². The average molecular weight is 284 g/mol. The first-order valence-corrected chi connectivity index (χ1v) is 6.80. The molecule has 0 N–H and O–H groups in total. The zero-order chi connectivity index (χ0) is 15.1. The van der Waals surface area contributed by atoms with E-state index in [0.29, 0.717) is 19.6 Å². The molecule has 0 bridgehead atoms. The summed E-state index contributed by atoms with van der Waals surface area (Å²) >= 11 is 0. The lowest BCUT2D eigenvalue weighted by Crippen LogP contribution is -2.29. The van der Waals surface area contributed by atoms with Crippen LogP contribution in [0.5, 0.6) is 0 Å². The summed E-state index contributed by atoms with van der Waals surface area (Å²) in [5.41, 5.74) is 0. The summed E-state index contributed by atoms with van der Waals surface area (Å²) in [6, 6.07) is 0. The Morgan fingerprint density at radius 1 is 1.35 bits per heavy atom. The average Bonchev–Trinajstić information content (AvgIpc) is 2.73. The minimum absolute atomic E-state index is 0.0868.